The van der Waals surface area contributed by atoms with Crippen molar-refractivity contribution in [2.45, 2.75) is 38.3 Å². The Kier molecular flexibility index (Phi) is 4.35. The molecule has 7 heteroatoms. The highest BCUT2D eigenvalue weighted by molar-refractivity contribution is 5.43. The van der Waals surface area contributed by atoms with Crippen molar-refractivity contribution in [1.29, 1.82) is 0 Å². The molecule has 1 saturated carbocycles. The van der Waals surface area contributed by atoms with Crippen LogP contribution in [0.2, 0.25) is 0 Å². The molecule has 1 aliphatic carbocycles. The molecule has 1 heterocycles. The summed E-state index contributed by atoms with van der Waals surface area (Å²) in [7, 11) is 1.75. The molecule has 112 valence electrons. The van der Waals surface area contributed by atoms with Crippen molar-refractivity contribution in [2.24, 2.45) is 5.92 Å². The number of nitrogens with zero attached hydrogens (tertiary/aromatic N) is 3. The Hall–Kier alpha value is -1.53. The third-order valence-electron chi connectivity index (χ3n) is 3.67. The van der Waals surface area contributed by atoms with Gasteiger partial charge in [-0.1, -0.05) is 19.3 Å². The number of nitrogens with two attached hydrogens (primary N) is 1. The maximum Gasteiger partial charge on any atom is 0.433 e. The van der Waals surface area contributed by atoms with Crippen molar-refractivity contribution in [3.63, 3.8) is 0 Å². The number of hydrogen-bond acceptors (Lipinski definition) is 4. The summed E-state index contributed by atoms with van der Waals surface area (Å²) in [5.74, 6) is 0.403. The maximum atomic E-state index is 12.7. The zero-order valence-electron chi connectivity index (χ0n) is 11.5. The van der Waals surface area contributed by atoms with Gasteiger partial charge < -0.3 is 10.6 Å². The van der Waals surface area contributed by atoms with Crippen LogP contribution in [0, 0.1) is 5.92 Å². The SMILES string of the molecule is CN(CC1CCCCC1)c1cc(C(F)(F)F)nc(N)n1. The number of aromatic nitrogens is 2. The molecule has 1 aromatic heterocycles. The van der Waals surface area contributed by atoms with E-state index in [4.69, 9.17) is 5.73 Å². The van der Waals surface area contributed by atoms with E-state index in [1.54, 1.807) is 11.9 Å². The molecule has 0 aliphatic heterocycles. The third-order valence-corrected chi connectivity index (χ3v) is 3.67. The van der Waals surface area contributed by atoms with Gasteiger partial charge in [-0.15, -0.1) is 0 Å². The highest BCUT2D eigenvalue weighted by atomic mass is 19.4. The van der Waals surface area contributed by atoms with Crippen molar-refractivity contribution >= 4 is 11.8 Å². The Morgan fingerprint density at radius 3 is 2.50 bits per heavy atom. The van der Waals surface area contributed by atoms with E-state index in [0.29, 0.717) is 12.5 Å². The topological polar surface area (TPSA) is 55.0 Å². The van der Waals surface area contributed by atoms with Crippen molar-refractivity contribution in [2.75, 3.05) is 24.2 Å². The van der Waals surface area contributed by atoms with Crippen molar-refractivity contribution in [1.82, 2.24) is 9.97 Å². The predicted molar refractivity (Wildman–Crippen MR) is 71.3 cm³/mol. The standard InChI is InChI=1S/C13H19F3N4/c1-20(8-9-5-3-2-4-6-9)11-7-10(13(14,15)16)18-12(17)19-11/h7,9H,2-6,8H2,1H3,(H2,17,18,19). The number of anilines is 2. The molecule has 1 aliphatic rings. The normalized spacial score (nSPS) is 17.2. The second-order valence-electron chi connectivity index (χ2n) is 5.35. The van der Waals surface area contributed by atoms with Crippen molar-refractivity contribution < 1.29 is 13.2 Å². The zero-order chi connectivity index (χ0) is 14.8. The fourth-order valence-corrected chi connectivity index (χ4v) is 2.64. The predicted octanol–water partition coefficient (Wildman–Crippen LogP) is 3.09. The summed E-state index contributed by atoms with van der Waals surface area (Å²) < 4.78 is 38.1. The Morgan fingerprint density at radius 2 is 1.90 bits per heavy atom. The first-order valence-electron chi connectivity index (χ1n) is 6.79. The number of nitrogen functional groups attached to an aromatic ring is 1. The Bertz CT molecular complexity index is 455. The van der Waals surface area contributed by atoms with Crippen LogP contribution in [0.25, 0.3) is 0 Å². The van der Waals surface area contributed by atoms with Crippen LogP contribution in [0.15, 0.2) is 6.07 Å². The molecular formula is C13H19F3N4. The van der Waals surface area contributed by atoms with Gasteiger partial charge in [0.15, 0.2) is 5.69 Å². The summed E-state index contributed by atoms with van der Waals surface area (Å²) in [6.45, 7) is 0.702. The molecule has 1 fully saturated rings. The highest BCUT2D eigenvalue weighted by Crippen LogP contribution is 2.31. The van der Waals surface area contributed by atoms with E-state index in [9.17, 15) is 13.2 Å². The van der Waals surface area contributed by atoms with Gasteiger partial charge in [0.05, 0.1) is 0 Å². The summed E-state index contributed by atoms with van der Waals surface area (Å²) in [6.07, 6.45) is 1.38. The van der Waals surface area contributed by atoms with Crippen LogP contribution < -0.4 is 10.6 Å². The van der Waals surface area contributed by atoms with Crippen LogP contribution >= 0.6 is 0 Å². The zero-order valence-corrected chi connectivity index (χ0v) is 11.5. The minimum Gasteiger partial charge on any atom is -0.368 e. The molecule has 2 rings (SSSR count). The summed E-state index contributed by atoms with van der Waals surface area (Å²) in [6, 6.07) is 0.958. The molecule has 0 saturated heterocycles. The van der Waals surface area contributed by atoms with Crippen LogP contribution in [0.5, 0.6) is 0 Å². The van der Waals surface area contributed by atoms with Gasteiger partial charge in [-0.25, -0.2) is 4.98 Å². The second kappa shape index (κ2) is 5.85. The van der Waals surface area contributed by atoms with Crippen LogP contribution in [-0.2, 0) is 6.18 Å². The quantitative estimate of drug-likeness (QED) is 0.928. The minimum absolute atomic E-state index is 0.232. The highest BCUT2D eigenvalue weighted by Gasteiger charge is 2.34. The van der Waals surface area contributed by atoms with Gasteiger partial charge in [-0.05, 0) is 18.8 Å². The summed E-state index contributed by atoms with van der Waals surface area (Å²) >= 11 is 0. The van der Waals surface area contributed by atoms with Gasteiger partial charge in [0, 0.05) is 19.7 Å². The summed E-state index contributed by atoms with van der Waals surface area (Å²) in [5, 5.41) is 0. The number of alkyl halides is 3. The number of rotatable bonds is 3. The molecular weight excluding hydrogens is 269 g/mol. The molecule has 4 nitrogen and oxygen atoms in total. The van der Waals surface area contributed by atoms with Gasteiger partial charge in [0.25, 0.3) is 0 Å². The molecule has 0 amide bonds. The lowest BCUT2D eigenvalue weighted by Gasteiger charge is -2.28. The Morgan fingerprint density at radius 1 is 1.25 bits per heavy atom. The van der Waals surface area contributed by atoms with E-state index < -0.39 is 11.9 Å². The first-order chi connectivity index (χ1) is 9.36. The monoisotopic (exact) mass is 288 g/mol. The fraction of sp³-hybridized carbons (Fsp3) is 0.692. The van der Waals surface area contributed by atoms with Gasteiger partial charge in [0.2, 0.25) is 5.95 Å². The maximum absolute atomic E-state index is 12.7. The van der Waals surface area contributed by atoms with Crippen molar-refractivity contribution in [3.8, 4) is 0 Å². The molecule has 0 radical (unpaired) electrons. The van der Waals surface area contributed by atoms with E-state index >= 15 is 0 Å². The summed E-state index contributed by atoms with van der Waals surface area (Å²) in [5.41, 5.74) is 4.39. The lowest BCUT2D eigenvalue weighted by molar-refractivity contribution is -0.141. The van der Waals surface area contributed by atoms with E-state index in [0.717, 1.165) is 18.9 Å². The Balaban J connectivity index is 2.12. The largest absolute Gasteiger partial charge is 0.433 e. The van der Waals surface area contributed by atoms with E-state index in [1.807, 2.05) is 0 Å². The molecule has 20 heavy (non-hydrogen) atoms. The lowest BCUT2D eigenvalue weighted by Crippen LogP contribution is -2.28. The first kappa shape index (κ1) is 14.9. The van der Waals surface area contributed by atoms with Crippen LogP contribution in [0.3, 0.4) is 0 Å². The number of hydrogen-bond donors (Lipinski definition) is 1. The molecule has 0 unspecified atom stereocenters. The summed E-state index contributed by atoms with van der Waals surface area (Å²) in [4.78, 5) is 8.89. The average Bonchev–Trinajstić information content (AvgIpc) is 2.38. The van der Waals surface area contributed by atoms with Crippen LogP contribution in [0.4, 0.5) is 24.9 Å². The fourth-order valence-electron chi connectivity index (χ4n) is 2.64. The molecule has 0 bridgehead atoms. The molecule has 0 aromatic carbocycles. The van der Waals surface area contributed by atoms with Crippen molar-refractivity contribution in [3.05, 3.63) is 11.8 Å². The van der Waals surface area contributed by atoms with Gasteiger partial charge in [-0.2, -0.15) is 18.2 Å². The van der Waals surface area contributed by atoms with Gasteiger partial charge in [-0.3, -0.25) is 0 Å². The third kappa shape index (κ3) is 3.74. The van der Waals surface area contributed by atoms with E-state index in [-0.39, 0.29) is 11.8 Å². The van der Waals surface area contributed by atoms with Crippen LogP contribution in [-0.4, -0.2) is 23.6 Å². The van der Waals surface area contributed by atoms with Gasteiger partial charge >= 0.3 is 6.18 Å². The first-order valence-corrected chi connectivity index (χ1v) is 6.79. The molecule has 0 atom stereocenters. The molecule has 0 spiro atoms. The lowest BCUT2D eigenvalue weighted by atomic mass is 9.89. The van der Waals surface area contributed by atoms with Gasteiger partial charge in [0.1, 0.15) is 5.82 Å². The average molecular weight is 288 g/mol. The Labute approximate surface area is 116 Å². The van der Waals surface area contributed by atoms with E-state index in [1.165, 1.54) is 19.3 Å². The van der Waals surface area contributed by atoms with E-state index in [2.05, 4.69) is 9.97 Å². The molecule has 1 aromatic rings. The minimum atomic E-state index is -4.50. The number of halogens is 3. The van der Waals surface area contributed by atoms with Crippen LogP contribution in [0.1, 0.15) is 37.8 Å². The molecule has 2 N–H and O–H groups in total. The second-order valence-corrected chi connectivity index (χ2v) is 5.35. The smallest absolute Gasteiger partial charge is 0.368 e.